The summed E-state index contributed by atoms with van der Waals surface area (Å²) >= 11 is 1.49. The van der Waals surface area contributed by atoms with Gasteiger partial charge in [0.05, 0.1) is 5.69 Å². The topological polar surface area (TPSA) is 45.2 Å². The first-order chi connectivity index (χ1) is 10.6. The maximum absolute atomic E-state index is 12.9. The largest absolute Gasteiger partial charge is 0.332 e. The van der Waals surface area contributed by atoms with Crippen LogP contribution >= 0.6 is 36.2 Å². The summed E-state index contributed by atoms with van der Waals surface area (Å²) in [5.74, 6) is 0.109. The van der Waals surface area contributed by atoms with Gasteiger partial charge in [0.1, 0.15) is 9.88 Å². The van der Waals surface area contributed by atoms with Gasteiger partial charge in [-0.2, -0.15) is 0 Å². The van der Waals surface area contributed by atoms with E-state index in [4.69, 9.17) is 0 Å². The van der Waals surface area contributed by atoms with Crippen LogP contribution in [0.4, 0.5) is 0 Å². The van der Waals surface area contributed by atoms with E-state index < -0.39 is 0 Å². The number of rotatable bonds is 2. The lowest BCUT2D eigenvalue weighted by atomic mass is 10.1. The van der Waals surface area contributed by atoms with Crippen molar-refractivity contribution in [3.8, 4) is 10.6 Å². The molecule has 3 rings (SSSR count). The molecule has 0 saturated carbocycles. The molecule has 1 aromatic heterocycles. The molecule has 1 amide bonds. The fourth-order valence-corrected chi connectivity index (χ4v) is 3.80. The highest BCUT2D eigenvalue weighted by Crippen LogP contribution is 2.29. The zero-order chi connectivity index (χ0) is 15.7. The molecule has 0 radical (unpaired) electrons. The summed E-state index contributed by atoms with van der Waals surface area (Å²) in [4.78, 5) is 20.2. The second-order valence-corrected chi connectivity index (χ2v) is 6.78. The number of amides is 1. The van der Waals surface area contributed by atoms with Crippen LogP contribution in [0.2, 0.25) is 0 Å². The fraction of sp³-hybridized carbons (Fsp3) is 0.412. The van der Waals surface area contributed by atoms with Crippen LogP contribution in [-0.2, 0) is 0 Å². The van der Waals surface area contributed by atoms with E-state index in [2.05, 4.69) is 24.1 Å². The Morgan fingerprint density at radius 2 is 1.92 bits per heavy atom. The van der Waals surface area contributed by atoms with Gasteiger partial charge in [-0.3, -0.25) is 4.79 Å². The maximum atomic E-state index is 12.9. The van der Waals surface area contributed by atoms with Crippen molar-refractivity contribution in [1.29, 1.82) is 0 Å². The molecule has 24 heavy (non-hydrogen) atoms. The first-order valence-corrected chi connectivity index (χ1v) is 8.47. The van der Waals surface area contributed by atoms with Crippen LogP contribution in [0.5, 0.6) is 0 Å². The van der Waals surface area contributed by atoms with E-state index in [-0.39, 0.29) is 36.8 Å². The van der Waals surface area contributed by atoms with Crippen LogP contribution < -0.4 is 5.32 Å². The van der Waals surface area contributed by atoms with Crippen LogP contribution in [-0.4, -0.2) is 41.0 Å². The Labute approximate surface area is 159 Å². The van der Waals surface area contributed by atoms with E-state index in [9.17, 15) is 4.79 Å². The standard InChI is InChI=1S/C17H21N3OS.2ClH/c1-11-13(3)20(10-9-18-11)17(21)15-12(2)19-16(22-15)14-7-5-4-6-8-14;;/h4-8,11,13,18H,9-10H2,1-3H3;2*1H. The third-order valence-corrected chi connectivity index (χ3v) is 5.50. The van der Waals surface area contributed by atoms with Crippen LogP contribution in [0.15, 0.2) is 30.3 Å². The molecule has 2 aromatic rings. The van der Waals surface area contributed by atoms with Gasteiger partial charge < -0.3 is 10.2 Å². The number of hydrogen-bond acceptors (Lipinski definition) is 4. The van der Waals surface area contributed by atoms with Crippen molar-refractivity contribution in [2.45, 2.75) is 32.9 Å². The molecule has 0 bridgehead atoms. The van der Waals surface area contributed by atoms with Gasteiger partial charge in [-0.1, -0.05) is 30.3 Å². The molecule has 2 atom stereocenters. The molecule has 1 fully saturated rings. The summed E-state index contributed by atoms with van der Waals surface area (Å²) in [5.41, 5.74) is 1.89. The quantitative estimate of drug-likeness (QED) is 0.852. The normalized spacial score (nSPS) is 20.0. The molecule has 132 valence electrons. The van der Waals surface area contributed by atoms with Crippen molar-refractivity contribution < 1.29 is 4.79 Å². The van der Waals surface area contributed by atoms with E-state index in [1.807, 2.05) is 42.2 Å². The number of aromatic nitrogens is 1. The number of hydrogen-bond donors (Lipinski definition) is 1. The highest BCUT2D eigenvalue weighted by atomic mass is 35.5. The van der Waals surface area contributed by atoms with Gasteiger partial charge in [0.25, 0.3) is 5.91 Å². The van der Waals surface area contributed by atoms with E-state index in [0.717, 1.165) is 34.2 Å². The lowest BCUT2D eigenvalue weighted by Gasteiger charge is -2.38. The van der Waals surface area contributed by atoms with Gasteiger partial charge in [-0.05, 0) is 20.8 Å². The SMILES string of the molecule is Cc1nc(-c2ccccc2)sc1C(=O)N1CCNC(C)C1C.Cl.Cl. The third-order valence-electron chi connectivity index (χ3n) is 4.31. The predicted molar refractivity (Wildman–Crippen MR) is 105 cm³/mol. The van der Waals surface area contributed by atoms with E-state index in [1.165, 1.54) is 11.3 Å². The number of piperazine rings is 1. The smallest absolute Gasteiger partial charge is 0.266 e. The summed E-state index contributed by atoms with van der Waals surface area (Å²) in [6.45, 7) is 7.75. The molecule has 0 spiro atoms. The number of benzene rings is 1. The number of nitrogens with one attached hydrogen (secondary N) is 1. The molecular weight excluding hydrogens is 365 g/mol. The van der Waals surface area contributed by atoms with Gasteiger partial charge >= 0.3 is 0 Å². The number of carbonyl (C=O) groups excluding carboxylic acids is 1. The average Bonchev–Trinajstić information content (AvgIpc) is 2.92. The Balaban J connectivity index is 0.00000144. The summed E-state index contributed by atoms with van der Waals surface area (Å²) in [6.07, 6.45) is 0. The second-order valence-electron chi connectivity index (χ2n) is 5.78. The minimum absolute atomic E-state index is 0. The third kappa shape index (κ3) is 4.09. The number of nitrogens with zero attached hydrogens (tertiary/aromatic N) is 2. The molecule has 7 heteroatoms. The van der Waals surface area contributed by atoms with Crippen molar-refractivity contribution in [3.63, 3.8) is 0 Å². The predicted octanol–water partition coefficient (Wildman–Crippen LogP) is 3.78. The lowest BCUT2D eigenvalue weighted by Crippen LogP contribution is -2.57. The Morgan fingerprint density at radius 1 is 1.25 bits per heavy atom. The Bertz CT molecular complexity index is 678. The Morgan fingerprint density at radius 3 is 2.58 bits per heavy atom. The molecule has 4 nitrogen and oxygen atoms in total. The molecule has 2 heterocycles. The first-order valence-electron chi connectivity index (χ1n) is 7.65. The van der Waals surface area contributed by atoms with Gasteiger partial charge in [0.2, 0.25) is 0 Å². The summed E-state index contributed by atoms with van der Waals surface area (Å²) in [6, 6.07) is 10.5. The number of aryl methyl sites for hydroxylation is 1. The van der Waals surface area contributed by atoms with Crippen molar-refractivity contribution in [3.05, 3.63) is 40.9 Å². The van der Waals surface area contributed by atoms with Crippen LogP contribution in [0, 0.1) is 6.92 Å². The van der Waals surface area contributed by atoms with Crippen molar-refractivity contribution in [2.75, 3.05) is 13.1 Å². The lowest BCUT2D eigenvalue weighted by molar-refractivity contribution is 0.0607. The monoisotopic (exact) mass is 387 g/mol. The molecule has 1 aliphatic rings. The van der Waals surface area contributed by atoms with Crippen LogP contribution in [0.25, 0.3) is 10.6 Å². The summed E-state index contributed by atoms with van der Waals surface area (Å²) in [7, 11) is 0. The molecule has 1 aliphatic heterocycles. The minimum Gasteiger partial charge on any atom is -0.332 e. The number of halogens is 2. The van der Waals surface area contributed by atoms with Crippen LogP contribution in [0.3, 0.4) is 0 Å². The van der Waals surface area contributed by atoms with E-state index in [1.54, 1.807) is 0 Å². The van der Waals surface area contributed by atoms with Gasteiger partial charge in [0, 0.05) is 30.7 Å². The average molecular weight is 388 g/mol. The Kier molecular flexibility index (Phi) is 7.67. The van der Waals surface area contributed by atoms with Gasteiger partial charge in [-0.15, -0.1) is 36.2 Å². The minimum atomic E-state index is 0. The van der Waals surface area contributed by atoms with E-state index in [0.29, 0.717) is 6.04 Å². The van der Waals surface area contributed by atoms with Crippen molar-refractivity contribution in [1.82, 2.24) is 15.2 Å². The van der Waals surface area contributed by atoms with Crippen molar-refractivity contribution in [2.24, 2.45) is 0 Å². The Hall–Kier alpha value is -1.14. The second kappa shape index (κ2) is 8.81. The summed E-state index contributed by atoms with van der Waals surface area (Å²) < 4.78 is 0. The molecule has 0 aliphatic carbocycles. The zero-order valence-electron chi connectivity index (χ0n) is 14.0. The highest BCUT2D eigenvalue weighted by Gasteiger charge is 2.30. The number of carbonyl (C=O) groups is 1. The molecule has 1 saturated heterocycles. The van der Waals surface area contributed by atoms with Gasteiger partial charge in [-0.25, -0.2) is 4.98 Å². The zero-order valence-corrected chi connectivity index (χ0v) is 16.4. The van der Waals surface area contributed by atoms with Crippen LogP contribution in [0.1, 0.15) is 29.2 Å². The van der Waals surface area contributed by atoms with E-state index >= 15 is 0 Å². The fourth-order valence-electron chi connectivity index (χ4n) is 2.77. The molecular formula is C17H23Cl2N3OS. The first kappa shape index (κ1) is 20.9. The van der Waals surface area contributed by atoms with Gasteiger partial charge in [0.15, 0.2) is 0 Å². The molecule has 1 aromatic carbocycles. The highest BCUT2D eigenvalue weighted by molar-refractivity contribution is 7.17. The molecule has 1 N–H and O–H groups in total. The summed E-state index contributed by atoms with van der Waals surface area (Å²) in [5, 5.41) is 4.32. The van der Waals surface area contributed by atoms with Crippen molar-refractivity contribution >= 4 is 42.1 Å². The maximum Gasteiger partial charge on any atom is 0.266 e. The number of thiazole rings is 1. The molecule has 2 unspecified atom stereocenters.